The van der Waals surface area contributed by atoms with Gasteiger partial charge in [-0.3, -0.25) is 4.79 Å². The Morgan fingerprint density at radius 3 is 2.75 bits per heavy atom. The van der Waals surface area contributed by atoms with Gasteiger partial charge in [-0.25, -0.2) is 13.1 Å². The van der Waals surface area contributed by atoms with Gasteiger partial charge in [0.25, 0.3) is 0 Å². The van der Waals surface area contributed by atoms with Crippen molar-refractivity contribution in [2.75, 3.05) is 25.4 Å². The predicted octanol–water partition coefficient (Wildman–Crippen LogP) is 1.04. The van der Waals surface area contributed by atoms with Crippen LogP contribution in [0.15, 0.2) is 0 Å². The summed E-state index contributed by atoms with van der Waals surface area (Å²) in [6.45, 7) is 4.67. The van der Waals surface area contributed by atoms with Crippen molar-refractivity contribution in [1.29, 1.82) is 0 Å². The number of sulfonamides is 1. The van der Waals surface area contributed by atoms with Crippen molar-refractivity contribution >= 4 is 16.0 Å². The van der Waals surface area contributed by atoms with E-state index >= 15 is 0 Å². The van der Waals surface area contributed by atoms with Crippen LogP contribution in [-0.2, 0) is 14.8 Å². The van der Waals surface area contributed by atoms with Crippen LogP contribution in [0.2, 0.25) is 0 Å². The van der Waals surface area contributed by atoms with Gasteiger partial charge in [0, 0.05) is 19.0 Å². The lowest BCUT2D eigenvalue weighted by Gasteiger charge is -2.33. The molecule has 118 valence electrons. The average molecular weight is 306 g/mol. The second kappa shape index (κ2) is 8.59. The van der Waals surface area contributed by atoms with Gasteiger partial charge < -0.3 is 10.0 Å². The maximum atomic E-state index is 11.6. The number of carbonyl (C=O) groups is 1. The van der Waals surface area contributed by atoms with E-state index in [0.29, 0.717) is 12.6 Å². The lowest BCUT2D eigenvalue weighted by atomic mass is 10.0. The van der Waals surface area contributed by atoms with Crippen molar-refractivity contribution in [2.24, 2.45) is 0 Å². The summed E-state index contributed by atoms with van der Waals surface area (Å²) in [6.07, 6.45) is 4.59. The molecule has 1 saturated heterocycles. The van der Waals surface area contributed by atoms with Crippen molar-refractivity contribution in [3.63, 3.8) is 0 Å². The molecule has 7 heteroatoms. The predicted molar refractivity (Wildman–Crippen MR) is 78.2 cm³/mol. The molecule has 1 atom stereocenters. The van der Waals surface area contributed by atoms with Crippen LogP contribution in [0.1, 0.15) is 45.4 Å². The maximum absolute atomic E-state index is 11.6. The first-order chi connectivity index (χ1) is 9.41. The molecular weight excluding hydrogens is 280 g/mol. The van der Waals surface area contributed by atoms with Gasteiger partial charge in [0.05, 0.1) is 5.75 Å². The van der Waals surface area contributed by atoms with E-state index in [1.807, 2.05) is 0 Å². The first kappa shape index (κ1) is 17.4. The fourth-order valence-electron chi connectivity index (χ4n) is 2.49. The first-order valence-electron chi connectivity index (χ1n) is 7.34. The van der Waals surface area contributed by atoms with E-state index in [1.165, 1.54) is 19.3 Å². The number of nitrogens with one attached hydrogen (secondary N) is 1. The molecule has 0 radical (unpaired) electrons. The van der Waals surface area contributed by atoms with E-state index in [0.717, 1.165) is 19.5 Å². The first-order valence-corrected chi connectivity index (χ1v) is 8.99. The fraction of sp³-hybridized carbons (Fsp3) is 0.923. The molecule has 0 spiro atoms. The van der Waals surface area contributed by atoms with Crippen molar-refractivity contribution < 1.29 is 18.3 Å². The monoisotopic (exact) mass is 306 g/mol. The maximum Gasteiger partial charge on any atom is 0.303 e. The minimum Gasteiger partial charge on any atom is -0.481 e. The highest BCUT2D eigenvalue weighted by molar-refractivity contribution is 7.89. The van der Waals surface area contributed by atoms with E-state index < -0.39 is 16.0 Å². The van der Waals surface area contributed by atoms with E-state index in [2.05, 4.69) is 16.5 Å². The summed E-state index contributed by atoms with van der Waals surface area (Å²) < 4.78 is 25.8. The normalized spacial score (nSPS) is 20.9. The number of carboxylic acid groups (broad SMARTS) is 1. The third kappa shape index (κ3) is 7.21. The van der Waals surface area contributed by atoms with Crippen LogP contribution < -0.4 is 4.72 Å². The van der Waals surface area contributed by atoms with Gasteiger partial charge in [-0.05, 0) is 45.7 Å². The Morgan fingerprint density at radius 1 is 1.35 bits per heavy atom. The summed E-state index contributed by atoms with van der Waals surface area (Å²) in [4.78, 5) is 12.7. The van der Waals surface area contributed by atoms with Crippen LogP contribution in [0, 0.1) is 0 Å². The number of hydrogen-bond donors (Lipinski definition) is 2. The molecule has 0 aromatic rings. The molecule has 0 aromatic carbocycles. The van der Waals surface area contributed by atoms with Gasteiger partial charge >= 0.3 is 5.97 Å². The largest absolute Gasteiger partial charge is 0.481 e. The van der Waals surface area contributed by atoms with E-state index in [1.54, 1.807) is 0 Å². The van der Waals surface area contributed by atoms with Crippen molar-refractivity contribution in [2.45, 2.75) is 51.5 Å². The second-order valence-electron chi connectivity index (χ2n) is 5.44. The SMILES string of the molecule is CC1CCCCN1CCCNS(=O)(=O)CCCC(=O)O. The molecule has 0 saturated carbocycles. The van der Waals surface area contributed by atoms with E-state index in [-0.39, 0.29) is 18.6 Å². The Bertz CT molecular complexity index is 397. The Balaban J connectivity index is 2.14. The molecule has 0 amide bonds. The van der Waals surface area contributed by atoms with Crippen molar-refractivity contribution in [3.8, 4) is 0 Å². The molecule has 1 fully saturated rings. The number of likely N-dealkylation sites (tertiary alicyclic amines) is 1. The highest BCUT2D eigenvalue weighted by Crippen LogP contribution is 2.16. The molecule has 20 heavy (non-hydrogen) atoms. The van der Waals surface area contributed by atoms with Gasteiger partial charge in [-0.15, -0.1) is 0 Å². The summed E-state index contributed by atoms with van der Waals surface area (Å²) in [5.74, 6) is -1.07. The smallest absolute Gasteiger partial charge is 0.303 e. The summed E-state index contributed by atoms with van der Waals surface area (Å²) in [5, 5.41) is 8.47. The third-order valence-electron chi connectivity index (χ3n) is 3.69. The fourth-order valence-corrected chi connectivity index (χ4v) is 3.61. The van der Waals surface area contributed by atoms with Gasteiger partial charge in [-0.2, -0.15) is 0 Å². The van der Waals surface area contributed by atoms with Crippen LogP contribution in [0.3, 0.4) is 0 Å². The zero-order chi connectivity index (χ0) is 15.0. The molecule has 0 aliphatic carbocycles. The minimum absolute atomic E-state index is 0.105. The lowest BCUT2D eigenvalue weighted by molar-refractivity contribution is -0.137. The molecule has 1 rings (SSSR count). The van der Waals surface area contributed by atoms with E-state index in [4.69, 9.17) is 5.11 Å². The van der Waals surface area contributed by atoms with Crippen molar-refractivity contribution in [1.82, 2.24) is 9.62 Å². The summed E-state index contributed by atoms with van der Waals surface area (Å²) in [7, 11) is -3.33. The summed E-state index contributed by atoms with van der Waals surface area (Å²) in [5.41, 5.74) is 0. The molecule has 6 nitrogen and oxygen atoms in total. The summed E-state index contributed by atoms with van der Waals surface area (Å²) in [6, 6.07) is 0.593. The Hall–Kier alpha value is -0.660. The summed E-state index contributed by atoms with van der Waals surface area (Å²) >= 11 is 0. The molecule has 1 aliphatic rings. The minimum atomic E-state index is -3.33. The van der Waals surface area contributed by atoms with E-state index in [9.17, 15) is 13.2 Å². The van der Waals surface area contributed by atoms with Gasteiger partial charge in [-0.1, -0.05) is 6.42 Å². The highest BCUT2D eigenvalue weighted by Gasteiger charge is 2.17. The lowest BCUT2D eigenvalue weighted by Crippen LogP contribution is -2.39. The molecule has 1 heterocycles. The number of nitrogens with zero attached hydrogens (tertiary/aromatic N) is 1. The number of hydrogen-bond acceptors (Lipinski definition) is 4. The Labute approximate surface area is 121 Å². The molecule has 2 N–H and O–H groups in total. The van der Waals surface area contributed by atoms with Gasteiger partial charge in [0.15, 0.2) is 0 Å². The Kier molecular flexibility index (Phi) is 7.47. The van der Waals surface area contributed by atoms with Crippen LogP contribution in [0.25, 0.3) is 0 Å². The zero-order valence-electron chi connectivity index (χ0n) is 12.2. The van der Waals surface area contributed by atoms with Crippen LogP contribution in [0.4, 0.5) is 0 Å². The van der Waals surface area contributed by atoms with Crippen LogP contribution in [0.5, 0.6) is 0 Å². The molecule has 0 aromatic heterocycles. The zero-order valence-corrected chi connectivity index (χ0v) is 13.0. The number of piperidine rings is 1. The molecule has 1 unspecified atom stereocenters. The molecule has 0 bridgehead atoms. The second-order valence-corrected chi connectivity index (χ2v) is 7.37. The number of aliphatic carboxylic acids is 1. The third-order valence-corrected chi connectivity index (χ3v) is 5.16. The molecular formula is C13H26N2O4S. The van der Waals surface area contributed by atoms with Crippen LogP contribution in [-0.4, -0.2) is 55.8 Å². The van der Waals surface area contributed by atoms with Gasteiger partial charge in [0.1, 0.15) is 0 Å². The Morgan fingerprint density at radius 2 is 2.10 bits per heavy atom. The number of carboxylic acids is 1. The van der Waals surface area contributed by atoms with Gasteiger partial charge in [0.2, 0.25) is 10.0 Å². The standard InChI is InChI=1S/C13H26N2O4S/c1-12-6-2-3-9-15(12)10-5-8-14-20(18,19)11-4-7-13(16)17/h12,14H,2-11H2,1H3,(H,16,17). The van der Waals surface area contributed by atoms with Crippen LogP contribution >= 0.6 is 0 Å². The molecule has 1 aliphatic heterocycles. The topological polar surface area (TPSA) is 86.7 Å². The van der Waals surface area contributed by atoms with Crippen molar-refractivity contribution in [3.05, 3.63) is 0 Å². The average Bonchev–Trinajstić information content (AvgIpc) is 2.36. The highest BCUT2D eigenvalue weighted by atomic mass is 32.2. The quantitative estimate of drug-likeness (QED) is 0.621. The number of rotatable bonds is 9.